The zero-order chi connectivity index (χ0) is 16.9. The van der Waals surface area contributed by atoms with E-state index in [-0.39, 0.29) is 23.9 Å². The number of H-pyrrole nitrogens is 1. The summed E-state index contributed by atoms with van der Waals surface area (Å²) in [6, 6.07) is 3.30. The van der Waals surface area contributed by atoms with Gasteiger partial charge in [0.25, 0.3) is 11.5 Å². The molecule has 0 aliphatic heterocycles. The summed E-state index contributed by atoms with van der Waals surface area (Å²) < 4.78 is 0. The molecular weight excluding hydrogens is 328 g/mol. The Balaban J connectivity index is 1.57. The van der Waals surface area contributed by atoms with Crippen molar-refractivity contribution in [2.45, 2.75) is 38.1 Å². The fourth-order valence-corrected chi connectivity index (χ4v) is 3.43. The largest absolute Gasteiger partial charge is 0.353 e. The van der Waals surface area contributed by atoms with Crippen LogP contribution >= 0.6 is 11.3 Å². The first-order valence-corrected chi connectivity index (χ1v) is 8.72. The van der Waals surface area contributed by atoms with Crippen molar-refractivity contribution in [2.75, 3.05) is 5.32 Å². The van der Waals surface area contributed by atoms with Crippen LogP contribution in [-0.2, 0) is 11.2 Å². The van der Waals surface area contributed by atoms with Crippen LogP contribution in [0.15, 0.2) is 28.5 Å². The normalized spacial score (nSPS) is 14.5. The summed E-state index contributed by atoms with van der Waals surface area (Å²) in [5.41, 5.74) is 0.170. The van der Waals surface area contributed by atoms with Gasteiger partial charge in [-0.1, -0.05) is 12.8 Å². The summed E-state index contributed by atoms with van der Waals surface area (Å²) in [6.07, 6.45) is 6.05. The SMILES string of the molecule is O=C(Cc1csc(NC(=O)c2ccc[nH]c2=O)n1)NC1CCCC1. The third-order valence-electron chi connectivity index (χ3n) is 3.90. The molecule has 2 amide bonds. The number of hydrogen-bond acceptors (Lipinski definition) is 5. The number of carbonyl (C=O) groups is 2. The molecule has 0 radical (unpaired) electrons. The number of thiazole rings is 1. The minimum Gasteiger partial charge on any atom is -0.353 e. The van der Waals surface area contributed by atoms with Gasteiger partial charge in [-0.2, -0.15) is 0 Å². The fraction of sp³-hybridized carbons (Fsp3) is 0.375. The van der Waals surface area contributed by atoms with E-state index >= 15 is 0 Å². The van der Waals surface area contributed by atoms with Crippen LogP contribution in [0.2, 0.25) is 0 Å². The summed E-state index contributed by atoms with van der Waals surface area (Å²) in [4.78, 5) is 42.3. The molecule has 2 aromatic rings. The summed E-state index contributed by atoms with van der Waals surface area (Å²) >= 11 is 1.23. The van der Waals surface area contributed by atoms with Crippen molar-refractivity contribution >= 4 is 28.3 Å². The van der Waals surface area contributed by atoms with E-state index in [1.807, 2.05) is 0 Å². The monoisotopic (exact) mass is 346 g/mol. The van der Waals surface area contributed by atoms with E-state index in [2.05, 4.69) is 20.6 Å². The van der Waals surface area contributed by atoms with Crippen molar-refractivity contribution in [3.8, 4) is 0 Å². The lowest BCUT2D eigenvalue weighted by Crippen LogP contribution is -2.33. The van der Waals surface area contributed by atoms with Crippen LogP contribution in [0, 0.1) is 0 Å². The van der Waals surface area contributed by atoms with Crippen molar-refractivity contribution in [2.24, 2.45) is 0 Å². The van der Waals surface area contributed by atoms with Gasteiger partial charge in [0.05, 0.1) is 12.1 Å². The Morgan fingerprint density at radius 3 is 2.88 bits per heavy atom. The second-order valence-electron chi connectivity index (χ2n) is 5.74. The topological polar surface area (TPSA) is 104 Å². The molecule has 0 bridgehead atoms. The molecule has 8 heteroatoms. The van der Waals surface area contributed by atoms with E-state index in [0.29, 0.717) is 10.8 Å². The molecule has 0 atom stereocenters. The van der Waals surface area contributed by atoms with E-state index in [0.717, 1.165) is 25.7 Å². The van der Waals surface area contributed by atoms with Crippen LogP contribution in [0.3, 0.4) is 0 Å². The van der Waals surface area contributed by atoms with Crippen LogP contribution in [0.1, 0.15) is 41.7 Å². The van der Waals surface area contributed by atoms with Crippen molar-refractivity contribution in [1.82, 2.24) is 15.3 Å². The van der Waals surface area contributed by atoms with Gasteiger partial charge in [0.2, 0.25) is 5.91 Å². The van der Waals surface area contributed by atoms with Crippen molar-refractivity contribution in [1.29, 1.82) is 0 Å². The molecule has 2 heterocycles. The van der Waals surface area contributed by atoms with Gasteiger partial charge in [-0.15, -0.1) is 11.3 Å². The van der Waals surface area contributed by atoms with Crippen molar-refractivity contribution in [3.05, 3.63) is 45.3 Å². The van der Waals surface area contributed by atoms with Gasteiger partial charge in [-0.05, 0) is 25.0 Å². The van der Waals surface area contributed by atoms with Gasteiger partial charge in [0.1, 0.15) is 5.56 Å². The predicted molar refractivity (Wildman–Crippen MR) is 91.2 cm³/mol. The molecule has 24 heavy (non-hydrogen) atoms. The van der Waals surface area contributed by atoms with E-state index in [4.69, 9.17) is 0 Å². The molecule has 0 unspecified atom stereocenters. The number of nitrogens with one attached hydrogen (secondary N) is 3. The van der Waals surface area contributed by atoms with E-state index in [1.165, 1.54) is 23.6 Å². The average molecular weight is 346 g/mol. The molecule has 1 saturated carbocycles. The maximum Gasteiger partial charge on any atom is 0.263 e. The Morgan fingerprint density at radius 2 is 2.12 bits per heavy atom. The smallest absolute Gasteiger partial charge is 0.263 e. The second kappa shape index (κ2) is 7.39. The van der Waals surface area contributed by atoms with Gasteiger partial charge < -0.3 is 10.3 Å². The summed E-state index contributed by atoms with van der Waals surface area (Å²) in [5.74, 6) is -0.572. The first-order chi connectivity index (χ1) is 11.6. The maximum atomic E-state index is 12.1. The number of aromatic nitrogens is 2. The lowest BCUT2D eigenvalue weighted by atomic mass is 10.2. The highest BCUT2D eigenvalue weighted by Crippen LogP contribution is 2.19. The third-order valence-corrected chi connectivity index (χ3v) is 4.70. The molecular formula is C16H18N4O3S. The summed E-state index contributed by atoms with van der Waals surface area (Å²) in [7, 11) is 0. The van der Waals surface area contributed by atoms with Crippen LogP contribution < -0.4 is 16.2 Å². The number of pyridine rings is 1. The average Bonchev–Trinajstić information content (AvgIpc) is 3.20. The van der Waals surface area contributed by atoms with E-state index in [1.54, 1.807) is 11.4 Å². The Kier molecular flexibility index (Phi) is 5.05. The van der Waals surface area contributed by atoms with E-state index < -0.39 is 11.5 Å². The van der Waals surface area contributed by atoms with Crippen molar-refractivity contribution in [3.63, 3.8) is 0 Å². The van der Waals surface area contributed by atoms with Crippen LogP contribution in [0.5, 0.6) is 0 Å². The number of anilines is 1. The first-order valence-electron chi connectivity index (χ1n) is 7.84. The first kappa shape index (κ1) is 16.4. The molecule has 3 rings (SSSR count). The second-order valence-corrected chi connectivity index (χ2v) is 6.59. The van der Waals surface area contributed by atoms with Gasteiger partial charge >= 0.3 is 0 Å². The number of carbonyl (C=O) groups excluding carboxylic acids is 2. The standard InChI is InChI=1S/C16H18N4O3S/c21-13(18-10-4-1-2-5-10)8-11-9-24-16(19-11)20-15(23)12-6-3-7-17-14(12)22/h3,6-7,9-10H,1-2,4-5,8H2,(H,17,22)(H,18,21)(H,19,20,23). The molecule has 1 aliphatic rings. The zero-order valence-electron chi connectivity index (χ0n) is 13.0. The molecule has 7 nitrogen and oxygen atoms in total. The fourth-order valence-electron chi connectivity index (χ4n) is 2.72. The highest BCUT2D eigenvalue weighted by atomic mass is 32.1. The minimum atomic E-state index is -0.520. The summed E-state index contributed by atoms with van der Waals surface area (Å²) in [5, 5.41) is 7.69. The number of rotatable bonds is 5. The number of hydrogen-bond donors (Lipinski definition) is 3. The molecule has 0 spiro atoms. The quantitative estimate of drug-likeness (QED) is 0.766. The molecule has 2 aromatic heterocycles. The maximum absolute atomic E-state index is 12.1. The van der Waals surface area contributed by atoms with Crippen LogP contribution in [-0.4, -0.2) is 27.8 Å². The highest BCUT2D eigenvalue weighted by Gasteiger charge is 2.18. The molecule has 126 valence electrons. The lowest BCUT2D eigenvalue weighted by molar-refractivity contribution is -0.121. The minimum absolute atomic E-state index is 0.0215. The number of nitrogens with zero attached hydrogens (tertiary/aromatic N) is 1. The molecule has 1 fully saturated rings. The lowest BCUT2D eigenvalue weighted by Gasteiger charge is -2.10. The van der Waals surface area contributed by atoms with E-state index in [9.17, 15) is 14.4 Å². The Hall–Kier alpha value is -2.48. The van der Waals surface area contributed by atoms with Gasteiger partial charge in [-0.3, -0.25) is 19.7 Å². The summed E-state index contributed by atoms with van der Waals surface area (Å²) in [6.45, 7) is 0. The van der Waals surface area contributed by atoms with Crippen molar-refractivity contribution < 1.29 is 9.59 Å². The van der Waals surface area contributed by atoms with Gasteiger partial charge in [0.15, 0.2) is 5.13 Å². The Morgan fingerprint density at radius 1 is 1.33 bits per heavy atom. The highest BCUT2D eigenvalue weighted by molar-refractivity contribution is 7.14. The zero-order valence-corrected chi connectivity index (χ0v) is 13.8. The van der Waals surface area contributed by atoms with Gasteiger partial charge in [-0.25, -0.2) is 4.98 Å². The number of amides is 2. The molecule has 0 saturated heterocycles. The molecule has 0 aromatic carbocycles. The van der Waals surface area contributed by atoms with Gasteiger partial charge in [0, 0.05) is 17.6 Å². The van der Waals surface area contributed by atoms with Crippen LogP contribution in [0.4, 0.5) is 5.13 Å². The van der Waals surface area contributed by atoms with Crippen LogP contribution in [0.25, 0.3) is 0 Å². The third kappa shape index (κ3) is 4.08. The number of aromatic amines is 1. The Labute approximate surface area is 142 Å². The molecule has 1 aliphatic carbocycles. The predicted octanol–water partition coefficient (Wildman–Crippen LogP) is 1.68. The Bertz CT molecular complexity index is 792. The molecule has 3 N–H and O–H groups in total.